The summed E-state index contributed by atoms with van der Waals surface area (Å²) >= 11 is 0. The molecule has 0 saturated carbocycles. The lowest BCUT2D eigenvalue weighted by atomic mass is 10.1. The third-order valence-electron chi connectivity index (χ3n) is 4.51. The molecule has 3 rings (SSSR count). The van der Waals surface area contributed by atoms with Crippen LogP contribution in [0.1, 0.15) is 30.5 Å². The van der Waals surface area contributed by atoms with Gasteiger partial charge in [0.05, 0.1) is 4.92 Å². The van der Waals surface area contributed by atoms with Crippen LogP contribution in [-0.2, 0) is 13.6 Å². The van der Waals surface area contributed by atoms with E-state index in [0.29, 0.717) is 18.1 Å². The fourth-order valence-electron chi connectivity index (χ4n) is 3.35. The number of aromatic nitrogens is 2. The number of benzene rings is 1. The fourth-order valence-corrected chi connectivity index (χ4v) is 3.35. The van der Waals surface area contributed by atoms with Crippen molar-refractivity contribution in [1.82, 2.24) is 9.78 Å². The lowest BCUT2D eigenvalue weighted by molar-refractivity contribution is -0.384. The Bertz CT molecular complexity index is 735. The summed E-state index contributed by atoms with van der Waals surface area (Å²) in [5, 5.41) is 18.7. The van der Waals surface area contributed by atoms with Gasteiger partial charge in [-0.15, -0.1) is 0 Å². The smallest absolute Gasteiger partial charge is 0.333 e. The van der Waals surface area contributed by atoms with Crippen molar-refractivity contribution in [2.24, 2.45) is 7.05 Å². The van der Waals surface area contributed by atoms with Gasteiger partial charge in [0, 0.05) is 32.4 Å². The van der Waals surface area contributed by atoms with Gasteiger partial charge in [-0.2, -0.15) is 5.10 Å². The average molecular weight is 329 g/mol. The molecule has 0 bridgehead atoms. The summed E-state index contributed by atoms with van der Waals surface area (Å²) in [6, 6.07) is 8.26. The first-order valence-corrected chi connectivity index (χ1v) is 8.32. The van der Waals surface area contributed by atoms with Gasteiger partial charge >= 0.3 is 5.69 Å². The van der Waals surface area contributed by atoms with E-state index < -0.39 is 0 Å². The zero-order valence-electron chi connectivity index (χ0n) is 14.2. The molecule has 2 aromatic rings. The normalized spacial score (nSPS) is 14.7. The molecule has 7 nitrogen and oxygen atoms in total. The standard InChI is InChI=1S/C17H23N5O2/c1-13-16(22(23)24)17(20(2)19-13)18-12-14-8-4-5-9-15(14)21-10-6-3-7-11-21/h4-5,8-9,18H,3,6-7,10-12H2,1-2H3. The molecule has 2 heterocycles. The molecule has 1 aromatic carbocycles. The summed E-state index contributed by atoms with van der Waals surface area (Å²) < 4.78 is 1.54. The molecular weight excluding hydrogens is 306 g/mol. The van der Waals surface area contributed by atoms with Crippen LogP contribution < -0.4 is 10.2 Å². The van der Waals surface area contributed by atoms with Gasteiger partial charge in [-0.3, -0.25) is 10.1 Å². The predicted octanol–water partition coefficient (Wildman–Crippen LogP) is 3.24. The van der Waals surface area contributed by atoms with Crippen molar-refractivity contribution in [2.45, 2.75) is 32.7 Å². The van der Waals surface area contributed by atoms with Crippen LogP contribution in [0.5, 0.6) is 0 Å². The first kappa shape index (κ1) is 16.3. The molecule has 24 heavy (non-hydrogen) atoms. The molecule has 0 atom stereocenters. The number of nitrogens with one attached hydrogen (secondary N) is 1. The number of para-hydroxylation sites is 1. The van der Waals surface area contributed by atoms with Gasteiger partial charge in [0.2, 0.25) is 5.82 Å². The Labute approximate surface area is 141 Å². The van der Waals surface area contributed by atoms with Crippen LogP contribution in [0.2, 0.25) is 0 Å². The van der Waals surface area contributed by atoms with Gasteiger partial charge in [-0.05, 0) is 37.8 Å². The summed E-state index contributed by atoms with van der Waals surface area (Å²) in [5.41, 5.74) is 2.83. The van der Waals surface area contributed by atoms with Crippen molar-refractivity contribution in [3.05, 3.63) is 45.6 Å². The number of aryl methyl sites for hydroxylation is 2. The molecule has 0 amide bonds. The number of piperidine rings is 1. The highest BCUT2D eigenvalue weighted by molar-refractivity contribution is 5.61. The van der Waals surface area contributed by atoms with Crippen LogP contribution in [-0.4, -0.2) is 27.8 Å². The highest BCUT2D eigenvalue weighted by Crippen LogP contribution is 2.29. The minimum Gasteiger partial charge on any atom is -0.371 e. The molecule has 0 radical (unpaired) electrons. The minimum absolute atomic E-state index is 0.0490. The molecule has 128 valence electrons. The topological polar surface area (TPSA) is 76.2 Å². The molecule has 0 unspecified atom stereocenters. The number of nitrogens with zero attached hydrogens (tertiary/aromatic N) is 4. The minimum atomic E-state index is -0.374. The van der Waals surface area contributed by atoms with E-state index in [-0.39, 0.29) is 10.6 Å². The predicted molar refractivity (Wildman–Crippen MR) is 94.4 cm³/mol. The molecule has 1 aliphatic rings. The molecule has 0 spiro atoms. The lowest BCUT2D eigenvalue weighted by Gasteiger charge is -2.30. The number of hydrogen-bond acceptors (Lipinski definition) is 5. The number of anilines is 2. The Balaban J connectivity index is 1.82. The molecule has 1 aromatic heterocycles. The van der Waals surface area contributed by atoms with Crippen molar-refractivity contribution in [2.75, 3.05) is 23.3 Å². The Morgan fingerprint density at radius 2 is 1.96 bits per heavy atom. The average Bonchev–Trinajstić information content (AvgIpc) is 2.87. The van der Waals surface area contributed by atoms with E-state index >= 15 is 0 Å². The first-order valence-electron chi connectivity index (χ1n) is 8.32. The maximum Gasteiger partial charge on any atom is 0.333 e. The van der Waals surface area contributed by atoms with Gasteiger partial charge in [-0.25, -0.2) is 4.68 Å². The summed E-state index contributed by atoms with van der Waals surface area (Å²) in [4.78, 5) is 13.3. The van der Waals surface area contributed by atoms with Gasteiger partial charge in [0.25, 0.3) is 0 Å². The maximum atomic E-state index is 11.3. The Morgan fingerprint density at radius 3 is 2.67 bits per heavy atom. The van der Waals surface area contributed by atoms with Crippen LogP contribution in [0.4, 0.5) is 17.2 Å². The van der Waals surface area contributed by atoms with Crippen molar-refractivity contribution in [3.63, 3.8) is 0 Å². The van der Waals surface area contributed by atoms with E-state index in [1.165, 1.54) is 29.6 Å². The molecule has 1 aliphatic heterocycles. The zero-order valence-corrected chi connectivity index (χ0v) is 14.2. The second-order valence-corrected chi connectivity index (χ2v) is 6.19. The number of hydrogen-bond donors (Lipinski definition) is 1. The van der Waals surface area contributed by atoms with Crippen molar-refractivity contribution in [1.29, 1.82) is 0 Å². The van der Waals surface area contributed by atoms with Crippen LogP contribution in [0.25, 0.3) is 0 Å². The fraction of sp³-hybridized carbons (Fsp3) is 0.471. The second kappa shape index (κ2) is 6.90. The molecular formula is C17H23N5O2. The first-order chi connectivity index (χ1) is 11.6. The molecule has 0 aliphatic carbocycles. The largest absolute Gasteiger partial charge is 0.371 e. The van der Waals surface area contributed by atoms with E-state index in [4.69, 9.17) is 0 Å². The number of rotatable bonds is 5. The highest BCUT2D eigenvalue weighted by atomic mass is 16.6. The van der Waals surface area contributed by atoms with E-state index in [1.807, 2.05) is 12.1 Å². The SMILES string of the molecule is Cc1nn(C)c(NCc2ccccc2N2CCCCC2)c1[N+](=O)[O-]. The van der Waals surface area contributed by atoms with Crippen LogP contribution >= 0.6 is 0 Å². The quantitative estimate of drug-likeness (QED) is 0.673. The van der Waals surface area contributed by atoms with Crippen molar-refractivity contribution in [3.8, 4) is 0 Å². The van der Waals surface area contributed by atoms with Gasteiger partial charge < -0.3 is 10.2 Å². The lowest BCUT2D eigenvalue weighted by Crippen LogP contribution is -2.30. The van der Waals surface area contributed by atoms with Gasteiger partial charge in [-0.1, -0.05) is 18.2 Å². The van der Waals surface area contributed by atoms with Gasteiger partial charge in [0.1, 0.15) is 5.69 Å². The van der Waals surface area contributed by atoms with Crippen LogP contribution in [0.3, 0.4) is 0 Å². The summed E-state index contributed by atoms with van der Waals surface area (Å²) in [6.45, 7) is 4.33. The molecule has 1 saturated heterocycles. The summed E-state index contributed by atoms with van der Waals surface area (Å²) in [7, 11) is 1.72. The molecule has 1 N–H and O–H groups in total. The Kier molecular flexibility index (Phi) is 4.69. The van der Waals surface area contributed by atoms with E-state index in [2.05, 4.69) is 27.4 Å². The Morgan fingerprint density at radius 1 is 1.25 bits per heavy atom. The van der Waals surface area contributed by atoms with Crippen molar-refractivity contribution >= 4 is 17.2 Å². The third kappa shape index (κ3) is 3.20. The maximum absolute atomic E-state index is 11.3. The van der Waals surface area contributed by atoms with Crippen LogP contribution in [0, 0.1) is 17.0 Å². The highest BCUT2D eigenvalue weighted by Gasteiger charge is 2.24. The Hall–Kier alpha value is -2.57. The molecule has 7 heteroatoms. The van der Waals surface area contributed by atoms with E-state index in [1.54, 1.807) is 14.0 Å². The monoisotopic (exact) mass is 329 g/mol. The second-order valence-electron chi connectivity index (χ2n) is 6.19. The van der Waals surface area contributed by atoms with E-state index in [0.717, 1.165) is 18.7 Å². The van der Waals surface area contributed by atoms with E-state index in [9.17, 15) is 10.1 Å². The summed E-state index contributed by atoms with van der Waals surface area (Å²) in [6.07, 6.45) is 3.72. The molecule has 1 fully saturated rings. The third-order valence-corrected chi connectivity index (χ3v) is 4.51. The summed E-state index contributed by atoms with van der Waals surface area (Å²) in [5.74, 6) is 0.450. The van der Waals surface area contributed by atoms with Crippen molar-refractivity contribution < 1.29 is 4.92 Å². The zero-order chi connectivity index (χ0) is 17.1. The number of nitro groups is 1. The van der Waals surface area contributed by atoms with Crippen LogP contribution in [0.15, 0.2) is 24.3 Å². The van der Waals surface area contributed by atoms with Gasteiger partial charge in [0.15, 0.2) is 0 Å².